The summed E-state index contributed by atoms with van der Waals surface area (Å²) < 4.78 is 33.2. The zero-order valence-electron chi connectivity index (χ0n) is 18.3. The van der Waals surface area contributed by atoms with Crippen molar-refractivity contribution in [3.8, 4) is 5.75 Å². The molecule has 0 bridgehead atoms. The summed E-state index contributed by atoms with van der Waals surface area (Å²) >= 11 is 0. The summed E-state index contributed by atoms with van der Waals surface area (Å²) in [6.45, 7) is 3.29. The topological polar surface area (TPSA) is 105 Å². The normalized spacial score (nSPS) is 10.8. The van der Waals surface area contributed by atoms with Crippen molar-refractivity contribution in [3.05, 3.63) is 78.9 Å². The van der Waals surface area contributed by atoms with Gasteiger partial charge in [0.15, 0.2) is 0 Å². The van der Waals surface area contributed by atoms with Crippen LogP contribution in [-0.2, 0) is 19.6 Å². The molecule has 0 aliphatic heterocycles. The fourth-order valence-electron chi connectivity index (χ4n) is 3.08. The highest BCUT2D eigenvalue weighted by Gasteiger charge is 2.27. The van der Waals surface area contributed by atoms with Crippen LogP contribution in [0.15, 0.2) is 83.8 Å². The van der Waals surface area contributed by atoms with Gasteiger partial charge in [-0.05, 0) is 67.6 Å². The van der Waals surface area contributed by atoms with E-state index in [0.29, 0.717) is 29.4 Å². The molecular formula is C24H25N3O5S. The molecule has 0 unspecified atom stereocenters. The van der Waals surface area contributed by atoms with E-state index in [1.165, 1.54) is 19.1 Å². The molecule has 0 saturated carbocycles. The summed E-state index contributed by atoms with van der Waals surface area (Å²) in [5.74, 6) is -0.159. The van der Waals surface area contributed by atoms with Gasteiger partial charge in [0.05, 0.1) is 17.2 Å². The van der Waals surface area contributed by atoms with Crippen molar-refractivity contribution >= 4 is 38.9 Å². The van der Waals surface area contributed by atoms with Crippen molar-refractivity contribution in [2.75, 3.05) is 28.1 Å². The van der Waals surface area contributed by atoms with Gasteiger partial charge >= 0.3 is 0 Å². The minimum atomic E-state index is -4.02. The van der Waals surface area contributed by atoms with Crippen LogP contribution in [0.5, 0.6) is 5.75 Å². The average molecular weight is 468 g/mol. The first kappa shape index (κ1) is 23.8. The van der Waals surface area contributed by atoms with Crippen LogP contribution in [0, 0.1) is 0 Å². The molecule has 8 nitrogen and oxygen atoms in total. The lowest BCUT2D eigenvalue weighted by Gasteiger charge is -2.24. The Morgan fingerprint density at radius 3 is 1.97 bits per heavy atom. The van der Waals surface area contributed by atoms with Gasteiger partial charge in [-0.15, -0.1) is 0 Å². The van der Waals surface area contributed by atoms with E-state index < -0.39 is 22.5 Å². The molecule has 0 spiro atoms. The molecule has 3 aromatic rings. The van der Waals surface area contributed by atoms with Gasteiger partial charge in [0, 0.05) is 18.3 Å². The van der Waals surface area contributed by atoms with Crippen LogP contribution in [0.25, 0.3) is 0 Å². The highest BCUT2D eigenvalue weighted by Crippen LogP contribution is 2.25. The van der Waals surface area contributed by atoms with Crippen molar-refractivity contribution in [2.45, 2.75) is 18.7 Å². The van der Waals surface area contributed by atoms with Crippen LogP contribution >= 0.6 is 0 Å². The Kier molecular flexibility index (Phi) is 7.68. The van der Waals surface area contributed by atoms with Crippen LogP contribution in [0.2, 0.25) is 0 Å². The number of ether oxygens (including phenoxy) is 1. The molecule has 0 aliphatic rings. The van der Waals surface area contributed by atoms with Crippen LogP contribution in [0.1, 0.15) is 13.8 Å². The van der Waals surface area contributed by atoms with E-state index >= 15 is 0 Å². The maximum Gasteiger partial charge on any atom is 0.264 e. The van der Waals surface area contributed by atoms with E-state index in [1.54, 1.807) is 66.7 Å². The zero-order chi connectivity index (χ0) is 23.8. The Morgan fingerprint density at radius 2 is 1.42 bits per heavy atom. The lowest BCUT2D eigenvalue weighted by Crippen LogP contribution is -2.38. The van der Waals surface area contributed by atoms with Gasteiger partial charge < -0.3 is 15.4 Å². The second-order valence-corrected chi connectivity index (χ2v) is 8.92. The van der Waals surface area contributed by atoms with E-state index in [1.807, 2.05) is 6.92 Å². The highest BCUT2D eigenvalue weighted by molar-refractivity contribution is 7.92. The number of nitrogens with zero attached hydrogens (tertiary/aromatic N) is 1. The van der Waals surface area contributed by atoms with Crippen molar-refractivity contribution in [1.82, 2.24) is 0 Å². The van der Waals surface area contributed by atoms with Gasteiger partial charge in [0.2, 0.25) is 11.8 Å². The minimum Gasteiger partial charge on any atom is -0.494 e. The van der Waals surface area contributed by atoms with Gasteiger partial charge in [0.25, 0.3) is 10.0 Å². The highest BCUT2D eigenvalue weighted by atomic mass is 32.2. The van der Waals surface area contributed by atoms with Crippen molar-refractivity contribution < 1.29 is 22.7 Å². The summed E-state index contributed by atoms with van der Waals surface area (Å²) in [6, 6.07) is 21.0. The number of hydrogen-bond donors (Lipinski definition) is 2. The fraction of sp³-hybridized carbons (Fsp3) is 0.167. The average Bonchev–Trinajstić information content (AvgIpc) is 2.79. The monoisotopic (exact) mass is 467 g/mol. The summed E-state index contributed by atoms with van der Waals surface area (Å²) in [5.41, 5.74) is 1.42. The quantitative estimate of drug-likeness (QED) is 0.497. The molecule has 172 valence electrons. The molecule has 3 rings (SSSR count). The molecule has 0 saturated heterocycles. The Balaban J connectivity index is 1.82. The number of carbonyl (C=O) groups excluding carboxylic acids is 2. The molecule has 0 atom stereocenters. The first-order chi connectivity index (χ1) is 15.8. The third-order valence-electron chi connectivity index (χ3n) is 4.54. The smallest absolute Gasteiger partial charge is 0.264 e. The predicted molar refractivity (Wildman–Crippen MR) is 128 cm³/mol. The Labute approximate surface area is 193 Å². The van der Waals surface area contributed by atoms with Crippen LogP contribution in [0.4, 0.5) is 17.1 Å². The van der Waals surface area contributed by atoms with E-state index in [0.717, 1.165) is 4.31 Å². The van der Waals surface area contributed by atoms with Crippen molar-refractivity contribution in [1.29, 1.82) is 0 Å². The first-order valence-corrected chi connectivity index (χ1v) is 11.7. The molecule has 2 N–H and O–H groups in total. The van der Waals surface area contributed by atoms with Gasteiger partial charge in [-0.25, -0.2) is 8.42 Å². The van der Waals surface area contributed by atoms with Gasteiger partial charge in [-0.3, -0.25) is 13.9 Å². The number of carbonyl (C=O) groups is 2. The largest absolute Gasteiger partial charge is 0.494 e. The number of rotatable bonds is 9. The summed E-state index contributed by atoms with van der Waals surface area (Å²) in [7, 11) is -4.02. The standard InChI is InChI=1S/C24H25N3O5S/c1-3-32-22-13-15-23(16-14-22)33(30,31)27(21-7-5-4-6-8-21)17-24(29)26-20-11-9-19(10-12-20)25-18(2)28/h4-16H,3,17H2,1-2H3,(H,25,28)(H,26,29). The molecular weight excluding hydrogens is 442 g/mol. The maximum atomic E-state index is 13.4. The van der Waals surface area contributed by atoms with Crippen LogP contribution in [-0.4, -0.2) is 33.4 Å². The molecule has 2 amide bonds. The number of amides is 2. The van der Waals surface area contributed by atoms with E-state index in [2.05, 4.69) is 10.6 Å². The number of hydrogen-bond acceptors (Lipinski definition) is 5. The molecule has 0 heterocycles. The van der Waals surface area contributed by atoms with E-state index in [-0.39, 0.29) is 10.8 Å². The maximum absolute atomic E-state index is 13.4. The van der Waals surface area contributed by atoms with Crippen molar-refractivity contribution in [3.63, 3.8) is 0 Å². The lowest BCUT2D eigenvalue weighted by atomic mass is 10.2. The number of benzene rings is 3. The Hall–Kier alpha value is -3.85. The van der Waals surface area contributed by atoms with Gasteiger partial charge in [-0.1, -0.05) is 18.2 Å². The molecule has 0 fully saturated rings. The van der Waals surface area contributed by atoms with Gasteiger partial charge in [0.1, 0.15) is 12.3 Å². The Bertz CT molecular complexity index is 1200. The number of sulfonamides is 1. The zero-order valence-corrected chi connectivity index (χ0v) is 19.1. The van der Waals surface area contributed by atoms with Crippen LogP contribution in [0.3, 0.4) is 0 Å². The number of anilines is 3. The molecule has 0 aliphatic carbocycles. The molecule has 9 heteroatoms. The lowest BCUT2D eigenvalue weighted by molar-refractivity contribution is -0.115. The summed E-state index contributed by atoms with van der Waals surface area (Å²) in [6.07, 6.45) is 0. The van der Waals surface area contributed by atoms with E-state index in [4.69, 9.17) is 4.74 Å². The predicted octanol–water partition coefficient (Wildman–Crippen LogP) is 3.88. The summed E-state index contributed by atoms with van der Waals surface area (Å²) in [4.78, 5) is 24.0. The Morgan fingerprint density at radius 1 is 0.848 bits per heavy atom. The van der Waals surface area contributed by atoms with Crippen molar-refractivity contribution in [2.24, 2.45) is 0 Å². The number of para-hydroxylation sites is 1. The first-order valence-electron chi connectivity index (χ1n) is 10.3. The second kappa shape index (κ2) is 10.6. The fourth-order valence-corrected chi connectivity index (χ4v) is 4.50. The van der Waals surface area contributed by atoms with Crippen LogP contribution < -0.4 is 19.7 Å². The summed E-state index contributed by atoms with van der Waals surface area (Å²) in [5, 5.41) is 5.34. The second-order valence-electron chi connectivity index (χ2n) is 7.06. The minimum absolute atomic E-state index is 0.0438. The third kappa shape index (κ3) is 6.33. The third-order valence-corrected chi connectivity index (χ3v) is 6.33. The van der Waals surface area contributed by atoms with Gasteiger partial charge in [-0.2, -0.15) is 0 Å². The molecule has 0 radical (unpaired) electrons. The molecule has 33 heavy (non-hydrogen) atoms. The number of nitrogens with one attached hydrogen (secondary N) is 2. The SMILES string of the molecule is CCOc1ccc(S(=O)(=O)N(CC(=O)Nc2ccc(NC(C)=O)cc2)c2ccccc2)cc1. The van der Waals surface area contributed by atoms with E-state index in [9.17, 15) is 18.0 Å². The molecule has 3 aromatic carbocycles. The molecule has 0 aromatic heterocycles.